The zero-order valence-electron chi connectivity index (χ0n) is 30.4. The number of amides is 3. The molecule has 0 aliphatic heterocycles. The van der Waals surface area contributed by atoms with Crippen molar-refractivity contribution >= 4 is 81.2 Å². The highest BCUT2D eigenvalue weighted by molar-refractivity contribution is 6.36. The molecule has 3 aromatic carbocycles. The molecule has 0 saturated heterocycles. The number of carbonyl (C=O) groups excluding carboxylic acids is 2. The lowest BCUT2D eigenvalue weighted by Crippen LogP contribution is -2.34. The summed E-state index contributed by atoms with van der Waals surface area (Å²) in [5.74, 6) is 0.252. The summed E-state index contributed by atoms with van der Waals surface area (Å²) in [6, 6.07) is 23.9. The molecule has 9 N–H and O–H groups in total. The number of aromatic nitrogens is 4. The summed E-state index contributed by atoms with van der Waals surface area (Å²) >= 11 is 12.1. The molecule has 0 aliphatic carbocycles. The summed E-state index contributed by atoms with van der Waals surface area (Å²) < 4.78 is 5.03. The van der Waals surface area contributed by atoms with Crippen LogP contribution in [0.2, 0.25) is 10.0 Å². The summed E-state index contributed by atoms with van der Waals surface area (Å²) in [6.07, 6.45) is 6.19. The first-order valence-corrected chi connectivity index (χ1v) is 17.8. The second-order valence-electron chi connectivity index (χ2n) is 12.1. The minimum Gasteiger partial charge on any atom is -0.410 e. The molecule has 0 aliphatic rings. The molecule has 0 radical (unpaired) electrons. The third kappa shape index (κ3) is 13.1. The van der Waals surface area contributed by atoms with E-state index >= 15 is 0 Å². The third-order valence-corrected chi connectivity index (χ3v) is 8.66. The lowest BCUT2D eigenvalue weighted by Gasteiger charge is -2.09. The fourth-order valence-electron chi connectivity index (χ4n) is 5.38. The zero-order chi connectivity index (χ0) is 40.0. The average Bonchev–Trinajstić information content (AvgIpc) is 3.78. The van der Waals surface area contributed by atoms with Crippen molar-refractivity contribution in [2.24, 2.45) is 5.73 Å². The lowest BCUT2D eigenvalue weighted by atomic mass is 10.1. The number of ether oxygens (including phenoxy) is 1. The topological polar surface area (TPSA) is 232 Å². The first kappa shape index (κ1) is 46.0. The first-order chi connectivity index (χ1) is 27.0. The van der Waals surface area contributed by atoms with E-state index in [2.05, 4.69) is 35.9 Å². The van der Waals surface area contributed by atoms with E-state index in [1.165, 1.54) is 24.3 Å². The zero-order valence-corrected chi connectivity index (χ0v) is 32.8. The van der Waals surface area contributed by atoms with Crippen LogP contribution in [0.25, 0.3) is 22.1 Å². The maximum absolute atomic E-state index is 11.9. The molecule has 15 nitrogen and oxygen atoms in total. The van der Waals surface area contributed by atoms with Gasteiger partial charge in [0.1, 0.15) is 17.0 Å². The number of nitro groups is 1. The van der Waals surface area contributed by atoms with Crippen LogP contribution in [0.4, 0.5) is 21.0 Å². The number of benzene rings is 3. The number of H-pyrrole nitrogens is 2. The summed E-state index contributed by atoms with van der Waals surface area (Å²) in [7, 11) is 0. The molecule has 0 fully saturated rings. The number of urea groups is 1. The van der Waals surface area contributed by atoms with Gasteiger partial charge in [-0.3, -0.25) is 10.1 Å². The van der Waals surface area contributed by atoms with Crippen molar-refractivity contribution in [2.45, 2.75) is 40.5 Å². The van der Waals surface area contributed by atoms with Crippen LogP contribution in [0, 0.1) is 17.0 Å². The second kappa shape index (κ2) is 22.4. The number of non-ortho nitro benzene ring substituents is 1. The molecule has 18 heteroatoms. The number of nitrogens with zero attached hydrogens (tertiary/aromatic N) is 3. The molecule has 3 amide bonds. The molecule has 4 aromatic heterocycles. The number of nitrogens with one attached hydrogen (secondary N) is 5. The van der Waals surface area contributed by atoms with Gasteiger partial charge in [-0.2, -0.15) is 0 Å². The van der Waals surface area contributed by atoms with Crippen molar-refractivity contribution in [1.82, 2.24) is 35.9 Å². The van der Waals surface area contributed by atoms with Gasteiger partial charge < -0.3 is 42.1 Å². The fourth-order valence-corrected chi connectivity index (χ4v) is 5.91. The van der Waals surface area contributed by atoms with Gasteiger partial charge in [0.15, 0.2) is 0 Å². The van der Waals surface area contributed by atoms with Gasteiger partial charge >= 0.3 is 12.1 Å². The van der Waals surface area contributed by atoms with Crippen LogP contribution in [0.5, 0.6) is 5.75 Å². The number of rotatable bonds is 9. The SMILES string of the molecule is C.Cc1cccc(CNC(=O)Oc2ccc([N+](=O)[O-])cc2)c1.Cl.NCc1ccnc2[nH]cc(Cl)c12.Nc1cccc(CNC(=O)NCc2ccnc3[nH]cc(Cl)c23)c1. The van der Waals surface area contributed by atoms with Crippen molar-refractivity contribution in [2.75, 3.05) is 5.73 Å². The number of carbonyl (C=O) groups is 2. The van der Waals surface area contributed by atoms with E-state index in [0.29, 0.717) is 47.6 Å². The van der Waals surface area contributed by atoms with Crippen LogP contribution in [-0.4, -0.2) is 37.0 Å². The summed E-state index contributed by atoms with van der Waals surface area (Å²) in [6.45, 7) is 3.58. The van der Waals surface area contributed by atoms with Crippen molar-refractivity contribution in [3.8, 4) is 5.75 Å². The minimum atomic E-state index is -0.606. The number of nitrogen functional groups attached to an aromatic ring is 1. The highest BCUT2D eigenvalue weighted by Crippen LogP contribution is 2.26. The van der Waals surface area contributed by atoms with E-state index in [1.807, 2.05) is 61.5 Å². The molecule has 0 bridgehead atoms. The van der Waals surface area contributed by atoms with Gasteiger partial charge in [0.05, 0.1) is 15.0 Å². The van der Waals surface area contributed by atoms with Crippen molar-refractivity contribution in [3.05, 3.63) is 158 Å². The number of aromatic amines is 2. The predicted octanol–water partition coefficient (Wildman–Crippen LogP) is 8.72. The Balaban J connectivity index is 0.000000239. The number of halogens is 3. The summed E-state index contributed by atoms with van der Waals surface area (Å²) in [5.41, 5.74) is 18.3. The fraction of sp³-hybridized carbons (Fsp3) is 0.150. The monoisotopic (exact) mass is 848 g/mol. The van der Waals surface area contributed by atoms with Crippen molar-refractivity contribution in [3.63, 3.8) is 0 Å². The van der Waals surface area contributed by atoms with E-state index < -0.39 is 11.0 Å². The van der Waals surface area contributed by atoms with Crippen molar-refractivity contribution < 1.29 is 19.2 Å². The van der Waals surface area contributed by atoms with Gasteiger partial charge in [-0.25, -0.2) is 19.6 Å². The van der Waals surface area contributed by atoms with Gasteiger partial charge in [-0.15, -0.1) is 12.4 Å². The minimum absolute atomic E-state index is 0. The highest BCUT2D eigenvalue weighted by atomic mass is 35.5. The number of fused-ring (bicyclic) bond motifs is 2. The molecular weight excluding hydrogens is 807 g/mol. The standard InChI is InChI=1S/C16H16ClN5O.C15H14N2O4.C8H8ClN3.CH4.ClH/c17-13-9-20-15-14(13)11(4-5-19-15)8-22-16(23)21-7-10-2-1-3-12(18)6-10;1-11-3-2-4-12(9-11)10-16-15(18)21-14-7-5-13(6-8-14)17(19)20;9-6-4-12-8-7(6)5(3-10)1-2-11-8;;/h1-6,9H,7-8,18H2,(H,19,20)(H2,21,22,23);2-9H,10H2,1H3,(H,16,18);1-2,4H,3,10H2,(H,11,12);1H4;1H. The van der Waals surface area contributed by atoms with E-state index in [0.717, 1.165) is 44.2 Å². The Kier molecular flexibility index (Phi) is 17.7. The highest BCUT2D eigenvalue weighted by Gasteiger charge is 2.11. The number of nitrogens with two attached hydrogens (primary N) is 2. The second-order valence-corrected chi connectivity index (χ2v) is 12.9. The van der Waals surface area contributed by atoms with Crippen LogP contribution < -0.4 is 32.2 Å². The van der Waals surface area contributed by atoms with Crippen LogP contribution in [0.3, 0.4) is 0 Å². The molecule has 0 saturated carbocycles. The van der Waals surface area contributed by atoms with Gasteiger partial charge in [0.2, 0.25) is 0 Å². The van der Waals surface area contributed by atoms with E-state index in [-0.39, 0.29) is 37.3 Å². The lowest BCUT2D eigenvalue weighted by molar-refractivity contribution is -0.384. The van der Waals surface area contributed by atoms with Gasteiger partial charge in [0.25, 0.3) is 5.69 Å². The normalized spacial score (nSPS) is 10.1. The number of hydrogen-bond acceptors (Lipinski definition) is 9. The number of aryl methyl sites for hydroxylation is 1. The molecular formula is C40H43Cl3N10O5. The Bertz CT molecular complexity index is 2440. The van der Waals surface area contributed by atoms with E-state index in [1.54, 1.807) is 30.9 Å². The third-order valence-electron chi connectivity index (χ3n) is 8.06. The Labute approximate surface area is 350 Å². The van der Waals surface area contributed by atoms with E-state index in [9.17, 15) is 19.7 Å². The first-order valence-electron chi connectivity index (χ1n) is 17.0. The predicted molar refractivity (Wildman–Crippen MR) is 231 cm³/mol. The smallest absolute Gasteiger partial charge is 0.410 e. The van der Waals surface area contributed by atoms with Crippen LogP contribution in [0.1, 0.15) is 35.2 Å². The molecule has 7 aromatic rings. The summed E-state index contributed by atoms with van der Waals surface area (Å²) in [4.78, 5) is 47.8. The molecule has 0 spiro atoms. The molecule has 58 heavy (non-hydrogen) atoms. The molecule has 0 unspecified atom stereocenters. The van der Waals surface area contributed by atoms with Crippen molar-refractivity contribution in [1.29, 1.82) is 0 Å². The number of anilines is 1. The van der Waals surface area contributed by atoms with Gasteiger partial charge in [-0.05, 0) is 65.6 Å². The Morgan fingerprint density at radius 3 is 1.93 bits per heavy atom. The molecule has 7 rings (SSSR count). The largest absolute Gasteiger partial charge is 0.412 e. The quantitative estimate of drug-likeness (QED) is 0.0418. The number of hydrogen-bond donors (Lipinski definition) is 7. The van der Waals surface area contributed by atoms with Gasteiger partial charge in [0, 0.05) is 79.6 Å². The maximum atomic E-state index is 11.9. The van der Waals surface area contributed by atoms with Crippen LogP contribution in [0.15, 0.2) is 110 Å². The maximum Gasteiger partial charge on any atom is 0.412 e. The average molecular weight is 850 g/mol. The number of pyridine rings is 2. The van der Waals surface area contributed by atoms with Crippen LogP contribution in [-0.2, 0) is 26.2 Å². The van der Waals surface area contributed by atoms with Gasteiger partial charge in [-0.1, -0.05) is 72.6 Å². The Morgan fingerprint density at radius 2 is 1.34 bits per heavy atom. The molecule has 304 valence electrons. The van der Waals surface area contributed by atoms with Crippen LogP contribution >= 0.6 is 35.6 Å². The molecule has 4 heterocycles. The van der Waals surface area contributed by atoms with E-state index in [4.69, 9.17) is 39.4 Å². The number of nitro benzene ring substituents is 1. The summed E-state index contributed by atoms with van der Waals surface area (Å²) in [5, 5.41) is 21.7. The Morgan fingerprint density at radius 1 is 0.793 bits per heavy atom. The Hall–Kier alpha value is -6.39. The molecule has 0 atom stereocenters.